The molecule has 0 amide bonds. The monoisotopic (exact) mass is 406 g/mol. The average molecular weight is 407 g/mol. The van der Waals surface area contributed by atoms with Crippen LogP contribution in [0.5, 0.6) is 17.4 Å². The molecule has 0 aliphatic heterocycles. The molecule has 0 fully saturated rings. The van der Waals surface area contributed by atoms with Crippen LogP contribution in [-0.4, -0.2) is 22.0 Å². The van der Waals surface area contributed by atoms with E-state index in [0.29, 0.717) is 27.2 Å². The summed E-state index contributed by atoms with van der Waals surface area (Å²) < 4.78 is 10.6. The molecule has 0 spiro atoms. The fourth-order valence-electron chi connectivity index (χ4n) is 2.16. The van der Waals surface area contributed by atoms with Crippen LogP contribution in [0.1, 0.15) is 0 Å². The van der Waals surface area contributed by atoms with Crippen molar-refractivity contribution in [3.8, 4) is 17.4 Å². The molecule has 0 unspecified atom stereocenters. The Kier molecular flexibility index (Phi) is 5.58. The summed E-state index contributed by atoms with van der Waals surface area (Å²) in [6.45, 7) is 0. The normalized spacial score (nSPS) is 10.3. The Morgan fingerprint density at radius 3 is 2.37 bits per heavy atom. The van der Waals surface area contributed by atoms with Crippen LogP contribution in [0.3, 0.4) is 0 Å². The fourth-order valence-corrected chi connectivity index (χ4v) is 2.46. The highest BCUT2D eigenvalue weighted by Crippen LogP contribution is 2.36. The molecule has 10 heteroatoms. The highest BCUT2D eigenvalue weighted by atomic mass is 35.5. The molecule has 0 radical (unpaired) electrons. The Morgan fingerprint density at radius 1 is 1.04 bits per heavy atom. The Bertz CT molecular complexity index is 983. The molecule has 1 N–H and O–H groups in total. The SMILES string of the molecule is COc1ccc(Oc2ncnc(Nc3ccc(Cl)c(Cl)c3)c2[N+](=O)[O-])cc1. The minimum Gasteiger partial charge on any atom is -0.497 e. The standard InChI is InChI=1S/C17H12Cl2N4O4/c1-26-11-3-5-12(6-4-11)27-17-15(23(24)25)16(20-9-21-17)22-10-2-7-13(18)14(19)8-10/h2-9H,1H3,(H,20,21,22). The summed E-state index contributed by atoms with van der Waals surface area (Å²) in [6, 6.07) is 11.2. The zero-order valence-corrected chi connectivity index (χ0v) is 15.4. The fraction of sp³-hybridized carbons (Fsp3) is 0.0588. The molecule has 0 atom stereocenters. The summed E-state index contributed by atoms with van der Waals surface area (Å²) in [5.74, 6) is 0.735. The molecular weight excluding hydrogens is 395 g/mol. The van der Waals surface area contributed by atoms with Crippen LogP contribution < -0.4 is 14.8 Å². The van der Waals surface area contributed by atoms with Gasteiger partial charge in [-0.25, -0.2) is 4.98 Å². The molecular formula is C17H12Cl2N4O4. The van der Waals surface area contributed by atoms with Gasteiger partial charge in [-0.2, -0.15) is 4.98 Å². The third-order valence-electron chi connectivity index (χ3n) is 3.43. The van der Waals surface area contributed by atoms with Gasteiger partial charge >= 0.3 is 11.6 Å². The summed E-state index contributed by atoms with van der Waals surface area (Å²) >= 11 is 11.9. The van der Waals surface area contributed by atoms with Gasteiger partial charge in [0.15, 0.2) is 0 Å². The highest BCUT2D eigenvalue weighted by molar-refractivity contribution is 6.42. The van der Waals surface area contributed by atoms with Crippen molar-refractivity contribution in [2.45, 2.75) is 0 Å². The van der Waals surface area contributed by atoms with E-state index in [1.165, 1.54) is 13.2 Å². The van der Waals surface area contributed by atoms with Crippen molar-refractivity contribution in [3.63, 3.8) is 0 Å². The number of nitro groups is 1. The maximum Gasteiger partial charge on any atom is 0.373 e. The summed E-state index contributed by atoms with van der Waals surface area (Å²) in [5.41, 5.74) is 0.0565. The van der Waals surface area contributed by atoms with Crippen LogP contribution in [0.4, 0.5) is 17.2 Å². The average Bonchev–Trinajstić information content (AvgIpc) is 2.65. The number of hydrogen-bond acceptors (Lipinski definition) is 7. The lowest BCUT2D eigenvalue weighted by atomic mass is 10.3. The summed E-state index contributed by atoms with van der Waals surface area (Å²) in [5, 5.41) is 15.1. The van der Waals surface area contributed by atoms with Crippen LogP contribution in [0.2, 0.25) is 10.0 Å². The Balaban J connectivity index is 1.94. The van der Waals surface area contributed by atoms with Gasteiger partial charge in [0.1, 0.15) is 17.8 Å². The molecule has 1 heterocycles. The molecule has 0 saturated heterocycles. The molecule has 0 aliphatic carbocycles. The molecule has 3 rings (SSSR count). The van der Waals surface area contributed by atoms with Crippen molar-refractivity contribution in [3.05, 3.63) is 69.0 Å². The zero-order valence-electron chi connectivity index (χ0n) is 13.8. The third kappa shape index (κ3) is 4.36. The molecule has 138 valence electrons. The number of benzene rings is 2. The first-order chi connectivity index (χ1) is 13.0. The van der Waals surface area contributed by atoms with Crippen LogP contribution >= 0.6 is 23.2 Å². The molecule has 1 aromatic heterocycles. The van der Waals surface area contributed by atoms with Crippen LogP contribution in [-0.2, 0) is 0 Å². The number of aromatic nitrogens is 2. The van der Waals surface area contributed by atoms with Gasteiger partial charge in [-0.05, 0) is 42.5 Å². The lowest BCUT2D eigenvalue weighted by Crippen LogP contribution is -2.03. The van der Waals surface area contributed by atoms with Crippen molar-refractivity contribution < 1.29 is 14.4 Å². The second-order valence-corrected chi connectivity index (χ2v) is 5.98. The lowest BCUT2D eigenvalue weighted by Gasteiger charge is -2.10. The second-order valence-electron chi connectivity index (χ2n) is 5.16. The number of ether oxygens (including phenoxy) is 2. The van der Waals surface area contributed by atoms with Gasteiger partial charge in [-0.3, -0.25) is 10.1 Å². The quantitative estimate of drug-likeness (QED) is 0.441. The number of nitrogens with zero attached hydrogens (tertiary/aromatic N) is 3. The van der Waals surface area contributed by atoms with Crippen LogP contribution in [0.25, 0.3) is 0 Å². The minimum absolute atomic E-state index is 0.0445. The van der Waals surface area contributed by atoms with Crippen molar-refractivity contribution in [1.82, 2.24) is 9.97 Å². The first-order valence-electron chi connectivity index (χ1n) is 7.51. The summed E-state index contributed by atoms with van der Waals surface area (Å²) in [4.78, 5) is 18.8. The number of methoxy groups -OCH3 is 1. The maximum absolute atomic E-state index is 11.6. The minimum atomic E-state index is -0.626. The predicted octanol–water partition coefficient (Wildman–Crippen LogP) is 5.24. The van der Waals surface area contributed by atoms with Crippen LogP contribution in [0, 0.1) is 10.1 Å². The number of nitrogens with one attached hydrogen (secondary N) is 1. The maximum atomic E-state index is 11.6. The van der Waals surface area contributed by atoms with Gasteiger partial charge in [-0.15, -0.1) is 0 Å². The van der Waals surface area contributed by atoms with Gasteiger partial charge in [0, 0.05) is 5.69 Å². The molecule has 0 bridgehead atoms. The van der Waals surface area contributed by atoms with E-state index in [0.717, 1.165) is 6.33 Å². The van der Waals surface area contributed by atoms with E-state index < -0.39 is 10.6 Å². The van der Waals surface area contributed by atoms with Crippen LogP contribution in [0.15, 0.2) is 48.8 Å². The lowest BCUT2D eigenvalue weighted by molar-refractivity contribution is -0.385. The van der Waals surface area contributed by atoms with Crippen molar-refractivity contribution in [2.24, 2.45) is 0 Å². The molecule has 0 aliphatic rings. The van der Waals surface area contributed by atoms with Crippen molar-refractivity contribution >= 4 is 40.4 Å². The zero-order chi connectivity index (χ0) is 19.4. The molecule has 2 aromatic carbocycles. The first kappa shape index (κ1) is 18.7. The predicted molar refractivity (Wildman–Crippen MR) is 101 cm³/mol. The largest absolute Gasteiger partial charge is 0.497 e. The second kappa shape index (κ2) is 8.07. The topological polar surface area (TPSA) is 99.4 Å². The van der Waals surface area contributed by atoms with E-state index in [2.05, 4.69) is 15.3 Å². The highest BCUT2D eigenvalue weighted by Gasteiger charge is 2.25. The molecule has 27 heavy (non-hydrogen) atoms. The van der Waals surface area contributed by atoms with Crippen molar-refractivity contribution in [2.75, 3.05) is 12.4 Å². The molecule has 3 aromatic rings. The van der Waals surface area contributed by atoms with E-state index in [1.807, 2.05) is 0 Å². The van der Waals surface area contributed by atoms with E-state index >= 15 is 0 Å². The van der Waals surface area contributed by atoms with E-state index in [1.54, 1.807) is 36.4 Å². The Hall–Kier alpha value is -3.10. The van der Waals surface area contributed by atoms with Gasteiger partial charge < -0.3 is 14.8 Å². The number of halogens is 2. The van der Waals surface area contributed by atoms with E-state index in [4.69, 9.17) is 32.7 Å². The molecule has 8 nitrogen and oxygen atoms in total. The smallest absolute Gasteiger partial charge is 0.373 e. The summed E-state index contributed by atoms with van der Waals surface area (Å²) in [7, 11) is 1.53. The Morgan fingerprint density at radius 2 is 1.74 bits per heavy atom. The van der Waals surface area contributed by atoms with Gasteiger partial charge in [-0.1, -0.05) is 23.2 Å². The number of anilines is 2. The molecule has 0 saturated carbocycles. The number of hydrogen-bond donors (Lipinski definition) is 1. The van der Waals surface area contributed by atoms with E-state index in [9.17, 15) is 10.1 Å². The third-order valence-corrected chi connectivity index (χ3v) is 4.17. The Labute approximate surface area is 163 Å². The number of rotatable bonds is 6. The summed E-state index contributed by atoms with van der Waals surface area (Å²) in [6.07, 6.45) is 1.16. The first-order valence-corrected chi connectivity index (χ1v) is 8.27. The van der Waals surface area contributed by atoms with Gasteiger partial charge in [0.05, 0.1) is 22.1 Å². The van der Waals surface area contributed by atoms with Gasteiger partial charge in [0.2, 0.25) is 5.82 Å². The van der Waals surface area contributed by atoms with Crippen molar-refractivity contribution in [1.29, 1.82) is 0 Å². The van der Waals surface area contributed by atoms with Gasteiger partial charge in [0.25, 0.3) is 0 Å². The van der Waals surface area contributed by atoms with E-state index in [-0.39, 0.29) is 11.7 Å².